The summed E-state index contributed by atoms with van der Waals surface area (Å²) in [6, 6.07) is 6.65. The summed E-state index contributed by atoms with van der Waals surface area (Å²) in [5, 5.41) is 9.20. The van der Waals surface area contributed by atoms with Crippen LogP contribution in [0.2, 0.25) is 0 Å². The van der Waals surface area contributed by atoms with Crippen LogP contribution in [-0.2, 0) is 4.74 Å². The fraction of sp³-hybridized carbons (Fsp3) is 0.412. The quantitative estimate of drug-likeness (QED) is 0.848. The molecule has 2 bridgehead atoms. The summed E-state index contributed by atoms with van der Waals surface area (Å²) in [7, 11) is 1.37. The lowest BCUT2D eigenvalue weighted by Gasteiger charge is -2.21. The molecule has 2 saturated heterocycles. The summed E-state index contributed by atoms with van der Waals surface area (Å²) in [6.45, 7) is 0. The predicted octanol–water partition coefficient (Wildman–Crippen LogP) is 2.31. The first-order chi connectivity index (χ1) is 11.2. The van der Waals surface area contributed by atoms with E-state index in [0.717, 1.165) is 22.9 Å². The van der Waals surface area contributed by atoms with Gasteiger partial charge in [0.2, 0.25) is 0 Å². The molecular weight excluding hydrogens is 312 g/mol. The lowest BCUT2D eigenvalue weighted by atomic mass is 9.95. The minimum atomic E-state index is -0.369. The molecule has 1 aromatic carbocycles. The van der Waals surface area contributed by atoms with Crippen LogP contribution in [0, 0.1) is 0 Å². The second kappa shape index (κ2) is 5.62. The molecule has 3 atom stereocenters. The minimum Gasteiger partial charge on any atom is -0.465 e. The molecule has 6 heteroatoms. The number of thiophene rings is 1. The Morgan fingerprint density at radius 3 is 2.91 bits per heavy atom. The van der Waals surface area contributed by atoms with E-state index in [9.17, 15) is 9.59 Å². The summed E-state index contributed by atoms with van der Waals surface area (Å²) >= 11 is 1.48. The van der Waals surface area contributed by atoms with E-state index >= 15 is 0 Å². The lowest BCUT2D eigenvalue weighted by Crippen LogP contribution is -2.42. The van der Waals surface area contributed by atoms with Crippen molar-refractivity contribution in [3.8, 4) is 0 Å². The molecule has 0 radical (unpaired) electrons. The van der Waals surface area contributed by atoms with E-state index in [1.165, 1.54) is 24.9 Å². The number of benzene rings is 1. The fourth-order valence-electron chi connectivity index (χ4n) is 3.67. The minimum absolute atomic E-state index is 0.0757. The van der Waals surface area contributed by atoms with Gasteiger partial charge in [0, 0.05) is 39.2 Å². The zero-order valence-electron chi connectivity index (χ0n) is 12.8. The van der Waals surface area contributed by atoms with Crippen molar-refractivity contribution < 1.29 is 14.3 Å². The molecule has 0 unspecified atom stereocenters. The van der Waals surface area contributed by atoms with Gasteiger partial charge in [0.05, 0.1) is 12.7 Å². The number of nitrogens with one attached hydrogen (secondary N) is 2. The number of ether oxygens (including phenoxy) is 1. The molecule has 0 saturated carbocycles. The van der Waals surface area contributed by atoms with Crippen molar-refractivity contribution in [2.75, 3.05) is 7.11 Å². The molecule has 3 heterocycles. The van der Waals surface area contributed by atoms with Crippen LogP contribution in [0.1, 0.15) is 40.0 Å². The molecule has 1 aromatic heterocycles. The Hall–Kier alpha value is -1.92. The number of methoxy groups -OCH3 is 1. The van der Waals surface area contributed by atoms with Crippen LogP contribution in [0.25, 0.3) is 10.1 Å². The Labute approximate surface area is 138 Å². The number of rotatable bonds is 3. The summed E-state index contributed by atoms with van der Waals surface area (Å²) in [4.78, 5) is 24.4. The number of hydrogen-bond donors (Lipinski definition) is 2. The van der Waals surface area contributed by atoms with E-state index in [1.807, 2.05) is 12.1 Å². The molecular formula is C17H18N2O3S. The number of carbonyl (C=O) groups excluding carboxylic acids is 2. The van der Waals surface area contributed by atoms with E-state index in [1.54, 1.807) is 11.4 Å². The van der Waals surface area contributed by atoms with Crippen molar-refractivity contribution in [3.05, 3.63) is 34.7 Å². The SMILES string of the molecule is COC(=O)c1csc2ccc(C(=O)N[C@@H]3C[C@H]4CC[C@@H]3N4)cc12. The number of carbonyl (C=O) groups is 2. The highest BCUT2D eigenvalue weighted by Crippen LogP contribution is 2.30. The van der Waals surface area contributed by atoms with Gasteiger partial charge >= 0.3 is 5.97 Å². The van der Waals surface area contributed by atoms with Crippen LogP contribution in [0.5, 0.6) is 0 Å². The molecule has 1 amide bonds. The van der Waals surface area contributed by atoms with Crippen molar-refractivity contribution >= 4 is 33.3 Å². The normalized spacial score (nSPS) is 25.7. The van der Waals surface area contributed by atoms with Gasteiger partial charge in [-0.25, -0.2) is 4.79 Å². The first-order valence-corrected chi connectivity index (χ1v) is 8.70. The highest BCUT2D eigenvalue weighted by molar-refractivity contribution is 7.17. The molecule has 5 nitrogen and oxygen atoms in total. The zero-order chi connectivity index (χ0) is 16.0. The van der Waals surface area contributed by atoms with Crippen molar-refractivity contribution in [3.63, 3.8) is 0 Å². The van der Waals surface area contributed by atoms with Gasteiger partial charge in [0.15, 0.2) is 0 Å². The lowest BCUT2D eigenvalue weighted by molar-refractivity contribution is 0.0603. The second-order valence-electron chi connectivity index (χ2n) is 6.21. The Bertz CT molecular complexity index is 785. The van der Waals surface area contributed by atoms with Crippen molar-refractivity contribution in [2.24, 2.45) is 0 Å². The first kappa shape index (κ1) is 14.7. The van der Waals surface area contributed by atoms with Gasteiger partial charge in [-0.05, 0) is 37.5 Å². The maximum Gasteiger partial charge on any atom is 0.339 e. The van der Waals surface area contributed by atoms with Crippen molar-refractivity contribution in [1.29, 1.82) is 0 Å². The highest BCUT2D eigenvalue weighted by atomic mass is 32.1. The van der Waals surface area contributed by atoms with Crippen LogP contribution in [0.4, 0.5) is 0 Å². The topological polar surface area (TPSA) is 67.4 Å². The molecule has 2 aliphatic heterocycles. The molecule has 4 rings (SSSR count). The Morgan fingerprint density at radius 2 is 2.22 bits per heavy atom. The van der Waals surface area contributed by atoms with Crippen molar-refractivity contribution in [1.82, 2.24) is 10.6 Å². The molecule has 23 heavy (non-hydrogen) atoms. The van der Waals surface area contributed by atoms with Gasteiger partial charge < -0.3 is 15.4 Å². The van der Waals surface area contributed by atoms with Crippen LogP contribution in [0.15, 0.2) is 23.6 Å². The van der Waals surface area contributed by atoms with Gasteiger partial charge in [-0.3, -0.25) is 4.79 Å². The number of esters is 1. The second-order valence-corrected chi connectivity index (χ2v) is 7.13. The Morgan fingerprint density at radius 1 is 1.35 bits per heavy atom. The standard InChI is InChI=1S/C17H18N2O3S/c1-22-17(21)12-8-23-15-5-2-9(6-11(12)15)16(20)19-14-7-10-3-4-13(14)18-10/h2,5-6,8,10,13-14,18H,3-4,7H2,1H3,(H,19,20)/t10-,13+,14-/m1/s1. The smallest absolute Gasteiger partial charge is 0.339 e. The van der Waals surface area contributed by atoms with Gasteiger partial charge in [-0.2, -0.15) is 0 Å². The van der Waals surface area contributed by atoms with Gasteiger partial charge in [-0.1, -0.05) is 0 Å². The van der Waals surface area contributed by atoms with Crippen molar-refractivity contribution in [2.45, 2.75) is 37.4 Å². The van der Waals surface area contributed by atoms with E-state index in [-0.39, 0.29) is 17.9 Å². The van der Waals surface area contributed by atoms with E-state index in [0.29, 0.717) is 23.2 Å². The molecule has 120 valence electrons. The third kappa shape index (κ3) is 2.52. The van der Waals surface area contributed by atoms with Crippen LogP contribution in [0.3, 0.4) is 0 Å². The van der Waals surface area contributed by atoms with Gasteiger partial charge in [0.1, 0.15) is 0 Å². The average Bonchev–Trinajstić information content (AvgIpc) is 3.28. The number of hydrogen-bond acceptors (Lipinski definition) is 5. The van der Waals surface area contributed by atoms with Crippen LogP contribution < -0.4 is 10.6 Å². The third-order valence-electron chi connectivity index (χ3n) is 4.86. The summed E-state index contributed by atoms with van der Waals surface area (Å²) < 4.78 is 5.78. The predicted molar refractivity (Wildman–Crippen MR) is 89.0 cm³/mol. The fourth-order valence-corrected chi connectivity index (χ4v) is 4.58. The third-order valence-corrected chi connectivity index (χ3v) is 5.82. The number of amides is 1. The maximum absolute atomic E-state index is 12.5. The summed E-state index contributed by atoms with van der Waals surface area (Å²) in [6.07, 6.45) is 3.34. The van der Waals surface area contributed by atoms with Crippen LogP contribution in [-0.4, -0.2) is 37.1 Å². The average molecular weight is 330 g/mol. The van der Waals surface area contributed by atoms with E-state index < -0.39 is 0 Å². The van der Waals surface area contributed by atoms with Crippen LogP contribution >= 0.6 is 11.3 Å². The van der Waals surface area contributed by atoms with Gasteiger partial charge in [0.25, 0.3) is 5.91 Å². The molecule has 0 spiro atoms. The Kier molecular flexibility index (Phi) is 3.58. The number of fused-ring (bicyclic) bond motifs is 3. The van der Waals surface area contributed by atoms with E-state index in [4.69, 9.17) is 4.74 Å². The van der Waals surface area contributed by atoms with E-state index in [2.05, 4.69) is 10.6 Å². The molecule has 0 aliphatic carbocycles. The molecule has 2 N–H and O–H groups in total. The molecule has 2 aliphatic rings. The summed E-state index contributed by atoms with van der Waals surface area (Å²) in [5.74, 6) is -0.445. The summed E-state index contributed by atoms with van der Waals surface area (Å²) in [5.41, 5.74) is 1.10. The monoisotopic (exact) mass is 330 g/mol. The largest absolute Gasteiger partial charge is 0.465 e. The first-order valence-electron chi connectivity index (χ1n) is 7.82. The Balaban J connectivity index is 1.58. The zero-order valence-corrected chi connectivity index (χ0v) is 13.6. The van der Waals surface area contributed by atoms with Gasteiger partial charge in [-0.15, -0.1) is 11.3 Å². The molecule has 2 fully saturated rings. The molecule has 2 aromatic rings. The highest BCUT2D eigenvalue weighted by Gasteiger charge is 2.39. The maximum atomic E-state index is 12.5.